The van der Waals surface area contributed by atoms with Gasteiger partial charge in [-0.05, 0) is 24.1 Å². The van der Waals surface area contributed by atoms with Crippen LogP contribution in [0.15, 0.2) is 60.8 Å². The summed E-state index contributed by atoms with van der Waals surface area (Å²) in [5.41, 5.74) is 2.49. The van der Waals surface area contributed by atoms with Gasteiger partial charge in [-0.1, -0.05) is 48.5 Å². The number of ether oxygens (including phenoxy) is 1. The molecule has 8 heteroatoms. The third-order valence-corrected chi connectivity index (χ3v) is 4.63. The van der Waals surface area contributed by atoms with Gasteiger partial charge in [0, 0.05) is 23.5 Å². The van der Waals surface area contributed by atoms with E-state index in [1.165, 1.54) is 6.92 Å². The molecule has 0 unspecified atom stereocenters. The zero-order valence-electron chi connectivity index (χ0n) is 16.4. The molecule has 1 heterocycles. The minimum atomic E-state index is -1.42. The molecule has 0 aliphatic carbocycles. The van der Waals surface area contributed by atoms with Crippen molar-refractivity contribution in [1.29, 1.82) is 0 Å². The lowest BCUT2D eigenvalue weighted by Crippen LogP contribution is -2.54. The van der Waals surface area contributed by atoms with Gasteiger partial charge in [0.25, 0.3) is 0 Å². The average Bonchev–Trinajstić information content (AvgIpc) is 3.15. The fraction of sp³-hybridized carbons (Fsp3) is 0.227. The third-order valence-electron chi connectivity index (χ3n) is 4.63. The maximum Gasteiger partial charge on any atom is 0.408 e. The Morgan fingerprint density at radius 1 is 1.03 bits per heavy atom. The summed E-state index contributed by atoms with van der Waals surface area (Å²) in [6, 6.07) is 14.4. The zero-order valence-corrected chi connectivity index (χ0v) is 16.4. The van der Waals surface area contributed by atoms with Crippen LogP contribution in [0.5, 0.6) is 0 Å². The van der Waals surface area contributed by atoms with Gasteiger partial charge in [0.2, 0.25) is 5.91 Å². The SMILES string of the molecule is C[C@H](NC(=O)[C@H](Cc1c[nH]c2ccccc12)NC(=O)OCc1ccccc1)C(=O)[O-]. The topological polar surface area (TPSA) is 123 Å². The van der Waals surface area contributed by atoms with E-state index >= 15 is 0 Å². The molecule has 0 aliphatic heterocycles. The second-order valence-corrected chi connectivity index (χ2v) is 6.87. The number of carboxylic acid groups (broad SMARTS) is 1. The molecular weight excluding hydrogens is 386 g/mol. The number of hydrogen-bond donors (Lipinski definition) is 3. The van der Waals surface area contributed by atoms with E-state index in [0.717, 1.165) is 22.0 Å². The Hall–Kier alpha value is -3.81. The minimum absolute atomic E-state index is 0.0452. The van der Waals surface area contributed by atoms with Gasteiger partial charge >= 0.3 is 6.09 Å². The fourth-order valence-corrected chi connectivity index (χ4v) is 3.01. The lowest BCUT2D eigenvalue weighted by molar-refractivity contribution is -0.307. The first-order valence-corrected chi connectivity index (χ1v) is 9.47. The van der Waals surface area contributed by atoms with Crippen molar-refractivity contribution in [1.82, 2.24) is 15.6 Å². The van der Waals surface area contributed by atoms with Gasteiger partial charge in [0.1, 0.15) is 12.6 Å². The number of aromatic amines is 1. The number of amides is 2. The Kier molecular flexibility index (Phi) is 6.69. The monoisotopic (exact) mass is 408 g/mol. The smallest absolute Gasteiger partial charge is 0.408 e. The van der Waals surface area contributed by atoms with E-state index in [1.807, 2.05) is 54.6 Å². The van der Waals surface area contributed by atoms with Crippen molar-refractivity contribution in [3.05, 3.63) is 71.9 Å². The summed E-state index contributed by atoms with van der Waals surface area (Å²) in [7, 11) is 0. The Balaban J connectivity index is 1.72. The summed E-state index contributed by atoms with van der Waals surface area (Å²) in [6.07, 6.45) is 1.13. The van der Waals surface area contributed by atoms with Crippen LogP contribution in [0, 0.1) is 0 Å². The summed E-state index contributed by atoms with van der Waals surface area (Å²) in [4.78, 5) is 39.0. The number of aromatic nitrogens is 1. The van der Waals surface area contributed by atoms with E-state index in [-0.39, 0.29) is 13.0 Å². The highest BCUT2D eigenvalue weighted by molar-refractivity contribution is 5.90. The molecule has 0 fully saturated rings. The van der Waals surface area contributed by atoms with Gasteiger partial charge in [-0.2, -0.15) is 0 Å². The van der Waals surface area contributed by atoms with Crippen molar-refractivity contribution in [3.8, 4) is 0 Å². The van der Waals surface area contributed by atoms with Crippen molar-refractivity contribution in [2.45, 2.75) is 32.0 Å². The number of carboxylic acids is 1. The first-order valence-electron chi connectivity index (χ1n) is 9.47. The van der Waals surface area contributed by atoms with Crippen LogP contribution in [0.2, 0.25) is 0 Å². The molecule has 8 nitrogen and oxygen atoms in total. The summed E-state index contributed by atoms with van der Waals surface area (Å²) in [5.74, 6) is -2.06. The molecule has 0 saturated heterocycles. The van der Waals surface area contributed by atoms with Crippen molar-refractivity contribution in [3.63, 3.8) is 0 Å². The number of nitrogens with one attached hydrogen (secondary N) is 3. The van der Waals surface area contributed by atoms with Gasteiger partial charge in [0.05, 0.1) is 12.0 Å². The highest BCUT2D eigenvalue weighted by Gasteiger charge is 2.24. The predicted octanol–water partition coefficient (Wildman–Crippen LogP) is 1.26. The molecule has 3 N–H and O–H groups in total. The Morgan fingerprint density at radius 2 is 1.73 bits per heavy atom. The van der Waals surface area contributed by atoms with E-state index in [2.05, 4.69) is 15.6 Å². The average molecular weight is 408 g/mol. The standard InChI is InChI=1S/C22H23N3O5/c1-14(21(27)28)24-20(26)19(11-16-12-23-18-10-6-5-9-17(16)18)25-22(29)30-13-15-7-3-2-4-8-15/h2-10,12,14,19,23H,11,13H2,1H3,(H,24,26)(H,25,29)(H,27,28)/p-1/t14-,19-/m0/s1. The molecule has 30 heavy (non-hydrogen) atoms. The van der Waals surface area contributed by atoms with Crippen LogP contribution in [0.4, 0.5) is 4.79 Å². The van der Waals surface area contributed by atoms with Crippen LogP contribution >= 0.6 is 0 Å². The van der Waals surface area contributed by atoms with E-state index in [4.69, 9.17) is 4.74 Å². The Bertz CT molecular complexity index is 1030. The molecule has 156 valence electrons. The van der Waals surface area contributed by atoms with Crippen LogP contribution in [0.25, 0.3) is 10.9 Å². The van der Waals surface area contributed by atoms with Crippen molar-refractivity contribution < 1.29 is 24.2 Å². The van der Waals surface area contributed by atoms with Gasteiger partial charge in [-0.3, -0.25) is 4.79 Å². The Labute approximate surface area is 173 Å². The van der Waals surface area contributed by atoms with Crippen LogP contribution in [-0.2, 0) is 27.4 Å². The summed E-state index contributed by atoms with van der Waals surface area (Å²) in [6.45, 7) is 1.34. The largest absolute Gasteiger partial charge is 0.548 e. The van der Waals surface area contributed by atoms with Gasteiger partial charge < -0.3 is 30.3 Å². The summed E-state index contributed by atoms with van der Waals surface area (Å²) < 4.78 is 5.20. The number of aliphatic carboxylic acids is 1. The lowest BCUT2D eigenvalue weighted by Gasteiger charge is -2.21. The maximum absolute atomic E-state index is 12.6. The Morgan fingerprint density at radius 3 is 2.47 bits per heavy atom. The second-order valence-electron chi connectivity index (χ2n) is 6.87. The first-order chi connectivity index (χ1) is 14.4. The summed E-state index contributed by atoms with van der Waals surface area (Å²) in [5, 5.41) is 16.8. The predicted molar refractivity (Wildman–Crippen MR) is 108 cm³/mol. The molecular formula is C22H22N3O5-. The number of para-hydroxylation sites is 1. The molecule has 0 bridgehead atoms. The molecule has 0 saturated carbocycles. The number of alkyl carbamates (subject to hydrolysis) is 1. The minimum Gasteiger partial charge on any atom is -0.548 e. The van der Waals surface area contributed by atoms with Gasteiger partial charge in [0.15, 0.2) is 0 Å². The normalized spacial score (nSPS) is 12.7. The number of carbonyl (C=O) groups is 3. The lowest BCUT2D eigenvalue weighted by atomic mass is 10.0. The summed E-state index contributed by atoms with van der Waals surface area (Å²) >= 11 is 0. The van der Waals surface area contributed by atoms with E-state index in [9.17, 15) is 19.5 Å². The maximum atomic E-state index is 12.6. The molecule has 0 radical (unpaired) electrons. The number of H-pyrrole nitrogens is 1. The molecule has 0 aliphatic rings. The molecule has 2 amide bonds. The molecule has 2 aromatic carbocycles. The van der Waals surface area contributed by atoms with Crippen molar-refractivity contribution in [2.24, 2.45) is 0 Å². The van der Waals surface area contributed by atoms with Gasteiger partial charge in [-0.25, -0.2) is 4.79 Å². The van der Waals surface area contributed by atoms with Crippen LogP contribution in [0.3, 0.4) is 0 Å². The molecule has 3 aromatic rings. The fourth-order valence-electron chi connectivity index (χ4n) is 3.01. The molecule has 1 aromatic heterocycles. The number of hydrogen-bond acceptors (Lipinski definition) is 5. The van der Waals surface area contributed by atoms with Crippen molar-refractivity contribution in [2.75, 3.05) is 0 Å². The zero-order chi connectivity index (χ0) is 21.5. The molecule has 3 rings (SSSR count). The van der Waals surface area contributed by atoms with Gasteiger partial charge in [-0.15, -0.1) is 0 Å². The number of rotatable bonds is 8. The number of carbonyl (C=O) groups excluding carboxylic acids is 3. The van der Waals surface area contributed by atoms with Crippen LogP contribution in [-0.4, -0.2) is 35.0 Å². The molecule has 2 atom stereocenters. The van der Waals surface area contributed by atoms with Crippen LogP contribution in [0.1, 0.15) is 18.1 Å². The van der Waals surface area contributed by atoms with Crippen LogP contribution < -0.4 is 15.7 Å². The molecule has 0 spiro atoms. The highest BCUT2D eigenvalue weighted by Crippen LogP contribution is 2.19. The first kappa shape index (κ1) is 20.9. The van der Waals surface area contributed by atoms with Crippen molar-refractivity contribution >= 4 is 28.9 Å². The van der Waals surface area contributed by atoms with E-state index in [0.29, 0.717) is 0 Å². The van der Waals surface area contributed by atoms with E-state index < -0.39 is 30.1 Å². The second kappa shape index (κ2) is 9.60. The highest BCUT2D eigenvalue weighted by atomic mass is 16.5. The number of benzene rings is 2. The van der Waals surface area contributed by atoms with E-state index in [1.54, 1.807) is 6.20 Å². The number of fused-ring (bicyclic) bond motifs is 1. The quantitative estimate of drug-likeness (QED) is 0.518. The third kappa shape index (κ3) is 5.38.